The van der Waals surface area contributed by atoms with Gasteiger partial charge in [0.2, 0.25) is 0 Å². The number of nitrogens with zero attached hydrogens (tertiary/aromatic N) is 2. The van der Waals surface area contributed by atoms with E-state index in [1.165, 1.54) is 24.0 Å². The third-order valence-corrected chi connectivity index (χ3v) is 4.02. The van der Waals surface area contributed by atoms with E-state index in [1.54, 1.807) is 0 Å². The summed E-state index contributed by atoms with van der Waals surface area (Å²) in [6, 6.07) is 13.0. The molecule has 21 heavy (non-hydrogen) atoms. The van der Waals surface area contributed by atoms with E-state index in [0.29, 0.717) is 0 Å². The number of rotatable bonds is 4. The van der Waals surface area contributed by atoms with Crippen LogP contribution in [0.4, 0.5) is 5.69 Å². The van der Waals surface area contributed by atoms with Crippen molar-refractivity contribution in [3.8, 4) is 0 Å². The van der Waals surface area contributed by atoms with Crippen molar-refractivity contribution in [2.75, 3.05) is 18.4 Å². The van der Waals surface area contributed by atoms with Gasteiger partial charge >= 0.3 is 0 Å². The van der Waals surface area contributed by atoms with Crippen LogP contribution in [0, 0.1) is 0 Å². The minimum Gasteiger partial charge on any atom is -0.385 e. The van der Waals surface area contributed by atoms with Crippen molar-refractivity contribution in [1.82, 2.24) is 9.88 Å². The van der Waals surface area contributed by atoms with Crippen LogP contribution >= 0.6 is 0 Å². The van der Waals surface area contributed by atoms with Gasteiger partial charge < -0.3 is 5.32 Å². The zero-order valence-electron chi connectivity index (χ0n) is 12.7. The van der Waals surface area contributed by atoms with Crippen LogP contribution in [0.25, 0.3) is 0 Å². The second-order valence-electron chi connectivity index (χ2n) is 5.65. The highest BCUT2D eigenvalue weighted by molar-refractivity contribution is 5.43. The Balaban J connectivity index is 1.72. The lowest BCUT2D eigenvalue weighted by atomic mass is 10.0. The average Bonchev–Trinajstić information content (AvgIpc) is 2.69. The lowest BCUT2D eigenvalue weighted by molar-refractivity contribution is 0.258. The largest absolute Gasteiger partial charge is 0.385 e. The van der Waals surface area contributed by atoms with Crippen molar-refractivity contribution in [2.24, 2.45) is 0 Å². The van der Waals surface area contributed by atoms with Gasteiger partial charge in [0.15, 0.2) is 0 Å². The van der Waals surface area contributed by atoms with E-state index in [4.69, 9.17) is 0 Å². The first-order chi connectivity index (χ1) is 10.3. The Bertz CT molecular complexity index is 595. The standard InChI is InChI=1S/C18H23N3/c1-2-19-17-9-10-20-18(12-17)14-21-11-5-8-15-6-3-4-7-16(15)13-21/h3-4,6-7,9-10,12H,2,5,8,11,13-14H2,1H3,(H,19,20). The van der Waals surface area contributed by atoms with Crippen molar-refractivity contribution < 1.29 is 0 Å². The molecule has 0 aliphatic carbocycles. The summed E-state index contributed by atoms with van der Waals surface area (Å²) in [7, 11) is 0. The highest BCUT2D eigenvalue weighted by Gasteiger charge is 2.14. The maximum Gasteiger partial charge on any atom is 0.0564 e. The van der Waals surface area contributed by atoms with E-state index in [-0.39, 0.29) is 0 Å². The summed E-state index contributed by atoms with van der Waals surface area (Å²) in [6.07, 6.45) is 4.32. The summed E-state index contributed by atoms with van der Waals surface area (Å²) in [5, 5.41) is 3.35. The molecule has 1 aromatic heterocycles. The van der Waals surface area contributed by atoms with Gasteiger partial charge in [-0.2, -0.15) is 0 Å². The van der Waals surface area contributed by atoms with Gasteiger partial charge in [0, 0.05) is 31.5 Å². The van der Waals surface area contributed by atoms with Crippen molar-refractivity contribution in [3.05, 3.63) is 59.4 Å². The molecule has 0 spiro atoms. The van der Waals surface area contributed by atoms with Crippen LogP contribution in [0.1, 0.15) is 30.2 Å². The van der Waals surface area contributed by atoms with Crippen molar-refractivity contribution in [2.45, 2.75) is 32.9 Å². The molecule has 3 rings (SSSR count). The highest BCUT2D eigenvalue weighted by Crippen LogP contribution is 2.20. The molecule has 0 radical (unpaired) electrons. The lowest BCUT2D eigenvalue weighted by Gasteiger charge is -2.20. The number of fused-ring (bicyclic) bond motifs is 1. The van der Waals surface area contributed by atoms with Crippen LogP contribution in [-0.2, 0) is 19.5 Å². The Morgan fingerprint density at radius 2 is 2.05 bits per heavy atom. The Hall–Kier alpha value is -1.87. The second kappa shape index (κ2) is 6.72. The zero-order chi connectivity index (χ0) is 14.5. The molecule has 1 aromatic carbocycles. The normalized spacial score (nSPS) is 15.3. The Labute approximate surface area is 127 Å². The first kappa shape index (κ1) is 14.1. The maximum absolute atomic E-state index is 4.52. The van der Waals surface area contributed by atoms with E-state index in [9.17, 15) is 0 Å². The average molecular weight is 281 g/mol. The number of pyridine rings is 1. The lowest BCUT2D eigenvalue weighted by Crippen LogP contribution is -2.23. The van der Waals surface area contributed by atoms with Gasteiger partial charge in [0.25, 0.3) is 0 Å². The summed E-state index contributed by atoms with van der Waals surface area (Å²) in [5.41, 5.74) is 5.29. The molecule has 1 N–H and O–H groups in total. The smallest absolute Gasteiger partial charge is 0.0564 e. The van der Waals surface area contributed by atoms with E-state index in [0.717, 1.165) is 37.6 Å². The van der Waals surface area contributed by atoms with Gasteiger partial charge in [0.05, 0.1) is 5.69 Å². The molecule has 3 heteroatoms. The SMILES string of the molecule is CCNc1ccnc(CN2CCCc3ccccc3C2)c1. The van der Waals surface area contributed by atoms with Crippen molar-refractivity contribution in [1.29, 1.82) is 0 Å². The van der Waals surface area contributed by atoms with Crippen LogP contribution in [0.5, 0.6) is 0 Å². The number of aromatic nitrogens is 1. The second-order valence-corrected chi connectivity index (χ2v) is 5.65. The Morgan fingerprint density at radius 3 is 2.90 bits per heavy atom. The van der Waals surface area contributed by atoms with Gasteiger partial charge in [-0.3, -0.25) is 9.88 Å². The zero-order valence-corrected chi connectivity index (χ0v) is 12.7. The maximum atomic E-state index is 4.52. The third-order valence-electron chi connectivity index (χ3n) is 4.02. The Morgan fingerprint density at radius 1 is 1.19 bits per heavy atom. The van der Waals surface area contributed by atoms with Gasteiger partial charge in [-0.25, -0.2) is 0 Å². The van der Waals surface area contributed by atoms with Crippen molar-refractivity contribution in [3.63, 3.8) is 0 Å². The fraction of sp³-hybridized carbons (Fsp3) is 0.389. The Kier molecular flexibility index (Phi) is 4.51. The molecule has 0 saturated carbocycles. The summed E-state index contributed by atoms with van der Waals surface area (Å²) < 4.78 is 0. The van der Waals surface area contributed by atoms with Gasteiger partial charge in [-0.15, -0.1) is 0 Å². The molecule has 110 valence electrons. The topological polar surface area (TPSA) is 28.2 Å². The molecule has 2 aromatic rings. The van der Waals surface area contributed by atoms with Crippen LogP contribution in [0.15, 0.2) is 42.6 Å². The fourth-order valence-corrected chi connectivity index (χ4v) is 3.01. The van der Waals surface area contributed by atoms with Crippen LogP contribution < -0.4 is 5.32 Å². The van der Waals surface area contributed by atoms with Gasteiger partial charge in [0.1, 0.15) is 0 Å². The first-order valence-electron chi connectivity index (χ1n) is 7.83. The predicted molar refractivity (Wildman–Crippen MR) is 87.3 cm³/mol. The molecule has 3 nitrogen and oxygen atoms in total. The van der Waals surface area contributed by atoms with E-state index in [1.807, 2.05) is 12.3 Å². The van der Waals surface area contributed by atoms with Crippen LogP contribution in [0.2, 0.25) is 0 Å². The number of hydrogen-bond acceptors (Lipinski definition) is 3. The predicted octanol–water partition coefficient (Wildman–Crippen LogP) is 3.46. The number of benzene rings is 1. The van der Waals surface area contributed by atoms with E-state index < -0.39 is 0 Å². The monoisotopic (exact) mass is 281 g/mol. The van der Waals surface area contributed by atoms with Gasteiger partial charge in [-0.1, -0.05) is 24.3 Å². The molecular formula is C18H23N3. The number of aryl methyl sites for hydroxylation is 1. The number of nitrogens with one attached hydrogen (secondary N) is 1. The van der Waals surface area contributed by atoms with E-state index in [2.05, 4.69) is 52.5 Å². The summed E-state index contributed by atoms with van der Waals surface area (Å²) in [4.78, 5) is 7.02. The molecule has 2 heterocycles. The highest BCUT2D eigenvalue weighted by atomic mass is 15.1. The third kappa shape index (κ3) is 3.61. The molecule has 0 unspecified atom stereocenters. The first-order valence-corrected chi connectivity index (χ1v) is 7.83. The van der Waals surface area contributed by atoms with Crippen molar-refractivity contribution >= 4 is 5.69 Å². The molecule has 0 amide bonds. The number of hydrogen-bond donors (Lipinski definition) is 1. The molecular weight excluding hydrogens is 258 g/mol. The summed E-state index contributed by atoms with van der Waals surface area (Å²) >= 11 is 0. The molecule has 0 bridgehead atoms. The van der Waals surface area contributed by atoms with Crippen LogP contribution in [-0.4, -0.2) is 23.0 Å². The van der Waals surface area contributed by atoms with Crippen LogP contribution in [0.3, 0.4) is 0 Å². The molecule has 0 atom stereocenters. The minimum absolute atomic E-state index is 0.924. The fourth-order valence-electron chi connectivity index (χ4n) is 3.01. The molecule has 1 aliphatic rings. The van der Waals surface area contributed by atoms with E-state index >= 15 is 0 Å². The minimum atomic E-state index is 0.924. The number of anilines is 1. The summed E-state index contributed by atoms with van der Waals surface area (Å²) in [6.45, 7) is 6.16. The molecule has 0 fully saturated rings. The van der Waals surface area contributed by atoms with Gasteiger partial charge in [-0.05, 0) is 49.6 Å². The summed E-state index contributed by atoms with van der Waals surface area (Å²) in [5.74, 6) is 0. The molecule has 1 aliphatic heterocycles. The quantitative estimate of drug-likeness (QED) is 0.930. The molecule has 0 saturated heterocycles.